The zero-order valence-corrected chi connectivity index (χ0v) is 15.2. The summed E-state index contributed by atoms with van der Waals surface area (Å²) in [5.41, 5.74) is 0.505. The van der Waals surface area contributed by atoms with Crippen molar-refractivity contribution < 1.29 is 19.0 Å². The van der Waals surface area contributed by atoms with E-state index in [1.54, 1.807) is 19.1 Å². The zero-order chi connectivity index (χ0) is 17.7. The Kier molecular flexibility index (Phi) is 5.80. The van der Waals surface area contributed by atoms with Crippen LogP contribution in [0.5, 0.6) is 11.5 Å². The number of methoxy groups -OCH3 is 2. The molecule has 1 aromatic carbocycles. The molecule has 0 unspecified atom stereocenters. The van der Waals surface area contributed by atoms with Crippen molar-refractivity contribution in [2.24, 2.45) is 0 Å². The van der Waals surface area contributed by atoms with Gasteiger partial charge in [-0.3, -0.25) is 0 Å². The number of anilines is 1. The molecule has 1 aliphatic heterocycles. The van der Waals surface area contributed by atoms with Crippen molar-refractivity contribution in [2.75, 3.05) is 32.6 Å². The van der Waals surface area contributed by atoms with Crippen molar-refractivity contribution in [1.82, 2.24) is 4.90 Å². The molecule has 134 valence electrons. The van der Waals surface area contributed by atoms with Gasteiger partial charge in [0, 0.05) is 43.0 Å². The molecule has 1 fully saturated rings. The van der Waals surface area contributed by atoms with Crippen LogP contribution in [0.25, 0.3) is 0 Å². The van der Waals surface area contributed by atoms with E-state index in [-0.39, 0.29) is 6.09 Å². The molecule has 1 heterocycles. The first-order valence-electron chi connectivity index (χ1n) is 8.28. The smallest absolute Gasteiger partial charge is 0.410 e. The molecule has 0 bridgehead atoms. The van der Waals surface area contributed by atoms with Crippen LogP contribution in [-0.4, -0.2) is 49.9 Å². The first kappa shape index (κ1) is 18.2. The Labute approximate surface area is 144 Å². The minimum Gasteiger partial charge on any atom is -0.497 e. The normalized spacial score (nSPS) is 15.8. The van der Waals surface area contributed by atoms with Gasteiger partial charge in [0.1, 0.15) is 17.1 Å². The van der Waals surface area contributed by atoms with Crippen LogP contribution in [0.15, 0.2) is 18.2 Å². The summed E-state index contributed by atoms with van der Waals surface area (Å²) < 4.78 is 16.0. The number of nitrogens with one attached hydrogen (secondary N) is 1. The third-order valence-electron chi connectivity index (χ3n) is 3.87. The SMILES string of the molecule is COc1cc(NC2CCN(C(=O)OC(C)(C)C)CC2)cc(OC)c1. The van der Waals surface area contributed by atoms with Crippen LogP contribution < -0.4 is 14.8 Å². The standard InChI is InChI=1S/C18H28N2O4/c1-18(2,3)24-17(21)20-8-6-13(7-9-20)19-14-10-15(22-4)12-16(11-14)23-5/h10-13,19H,6-9H2,1-5H3. The molecule has 0 aliphatic carbocycles. The van der Waals surface area contributed by atoms with Gasteiger partial charge in [-0.1, -0.05) is 0 Å². The highest BCUT2D eigenvalue weighted by Crippen LogP contribution is 2.27. The third-order valence-corrected chi connectivity index (χ3v) is 3.87. The fourth-order valence-corrected chi connectivity index (χ4v) is 2.66. The average Bonchev–Trinajstić information content (AvgIpc) is 2.53. The number of benzene rings is 1. The van der Waals surface area contributed by atoms with E-state index in [0.717, 1.165) is 30.0 Å². The number of carbonyl (C=O) groups excluding carboxylic acids is 1. The van der Waals surface area contributed by atoms with Gasteiger partial charge in [-0.2, -0.15) is 0 Å². The third kappa shape index (κ3) is 5.22. The average molecular weight is 336 g/mol. The molecule has 24 heavy (non-hydrogen) atoms. The van der Waals surface area contributed by atoms with Crippen LogP contribution >= 0.6 is 0 Å². The summed E-state index contributed by atoms with van der Waals surface area (Å²) >= 11 is 0. The number of nitrogens with zero attached hydrogens (tertiary/aromatic N) is 1. The van der Waals surface area contributed by atoms with E-state index in [1.165, 1.54) is 0 Å². The van der Waals surface area contributed by atoms with E-state index in [4.69, 9.17) is 14.2 Å². The van der Waals surface area contributed by atoms with Gasteiger partial charge in [-0.15, -0.1) is 0 Å². The molecule has 6 heteroatoms. The highest BCUT2D eigenvalue weighted by molar-refractivity contribution is 5.68. The number of hydrogen-bond acceptors (Lipinski definition) is 5. The Morgan fingerprint density at radius 1 is 1.08 bits per heavy atom. The van der Waals surface area contributed by atoms with Crippen molar-refractivity contribution in [3.05, 3.63) is 18.2 Å². The maximum Gasteiger partial charge on any atom is 0.410 e. The van der Waals surface area contributed by atoms with E-state index in [1.807, 2.05) is 39.0 Å². The number of amides is 1. The Morgan fingerprint density at radius 2 is 1.62 bits per heavy atom. The van der Waals surface area contributed by atoms with Crippen molar-refractivity contribution in [1.29, 1.82) is 0 Å². The Bertz CT molecular complexity index is 538. The Hall–Kier alpha value is -2.11. The van der Waals surface area contributed by atoms with E-state index < -0.39 is 5.60 Å². The van der Waals surface area contributed by atoms with Gasteiger partial charge in [0.2, 0.25) is 0 Å². The lowest BCUT2D eigenvalue weighted by molar-refractivity contribution is 0.0210. The molecule has 0 spiro atoms. The predicted octanol–water partition coefficient (Wildman–Crippen LogP) is 3.52. The number of hydrogen-bond donors (Lipinski definition) is 1. The monoisotopic (exact) mass is 336 g/mol. The molecule has 1 N–H and O–H groups in total. The molecule has 0 radical (unpaired) electrons. The molecule has 0 saturated carbocycles. The lowest BCUT2D eigenvalue weighted by Crippen LogP contribution is -2.44. The van der Waals surface area contributed by atoms with E-state index in [2.05, 4.69) is 5.32 Å². The first-order chi connectivity index (χ1) is 11.3. The van der Waals surface area contributed by atoms with Crippen molar-refractivity contribution in [3.63, 3.8) is 0 Å². The number of piperidine rings is 1. The number of ether oxygens (including phenoxy) is 3. The second kappa shape index (κ2) is 7.64. The molecule has 6 nitrogen and oxygen atoms in total. The Balaban J connectivity index is 1.90. The summed E-state index contributed by atoms with van der Waals surface area (Å²) in [6.07, 6.45) is 1.52. The number of carbonyl (C=O) groups is 1. The Morgan fingerprint density at radius 3 is 2.08 bits per heavy atom. The van der Waals surface area contributed by atoms with Crippen LogP contribution in [0.4, 0.5) is 10.5 Å². The van der Waals surface area contributed by atoms with Gasteiger partial charge in [-0.05, 0) is 33.6 Å². The second-order valence-electron chi connectivity index (χ2n) is 6.99. The quantitative estimate of drug-likeness (QED) is 0.912. The minimum atomic E-state index is -0.455. The van der Waals surface area contributed by atoms with E-state index in [0.29, 0.717) is 19.1 Å². The second-order valence-corrected chi connectivity index (χ2v) is 6.99. The molecule has 2 rings (SSSR count). The molecular weight excluding hydrogens is 308 g/mol. The van der Waals surface area contributed by atoms with Gasteiger partial charge in [0.05, 0.1) is 14.2 Å². The van der Waals surface area contributed by atoms with Gasteiger partial charge < -0.3 is 24.4 Å². The first-order valence-corrected chi connectivity index (χ1v) is 8.28. The van der Waals surface area contributed by atoms with Crippen LogP contribution in [0, 0.1) is 0 Å². The predicted molar refractivity (Wildman–Crippen MR) is 94.0 cm³/mol. The maximum atomic E-state index is 12.1. The highest BCUT2D eigenvalue weighted by atomic mass is 16.6. The van der Waals surface area contributed by atoms with Gasteiger partial charge in [0.15, 0.2) is 0 Å². The molecule has 1 aliphatic rings. The highest BCUT2D eigenvalue weighted by Gasteiger charge is 2.26. The van der Waals surface area contributed by atoms with Gasteiger partial charge >= 0.3 is 6.09 Å². The van der Waals surface area contributed by atoms with Crippen molar-refractivity contribution in [2.45, 2.75) is 45.3 Å². The molecule has 1 aromatic rings. The summed E-state index contributed by atoms with van der Waals surface area (Å²) in [5.74, 6) is 1.51. The van der Waals surface area contributed by atoms with Crippen LogP contribution in [0.1, 0.15) is 33.6 Å². The van der Waals surface area contributed by atoms with Crippen LogP contribution in [0.2, 0.25) is 0 Å². The molecular formula is C18H28N2O4. The summed E-state index contributed by atoms with van der Waals surface area (Å²) in [4.78, 5) is 13.9. The summed E-state index contributed by atoms with van der Waals surface area (Å²) in [6, 6.07) is 6.04. The van der Waals surface area contributed by atoms with Crippen LogP contribution in [-0.2, 0) is 4.74 Å². The van der Waals surface area contributed by atoms with E-state index >= 15 is 0 Å². The molecule has 1 amide bonds. The topological polar surface area (TPSA) is 60.0 Å². The largest absolute Gasteiger partial charge is 0.497 e. The zero-order valence-electron chi connectivity index (χ0n) is 15.2. The fraction of sp³-hybridized carbons (Fsp3) is 0.611. The van der Waals surface area contributed by atoms with E-state index in [9.17, 15) is 4.79 Å². The molecule has 0 aromatic heterocycles. The number of rotatable bonds is 4. The van der Waals surface area contributed by atoms with Gasteiger partial charge in [0.25, 0.3) is 0 Å². The fourth-order valence-electron chi connectivity index (χ4n) is 2.66. The van der Waals surface area contributed by atoms with Crippen LogP contribution in [0.3, 0.4) is 0 Å². The molecule has 0 atom stereocenters. The maximum absolute atomic E-state index is 12.1. The van der Waals surface area contributed by atoms with Crippen molar-refractivity contribution >= 4 is 11.8 Å². The lowest BCUT2D eigenvalue weighted by Gasteiger charge is -2.34. The summed E-state index contributed by atoms with van der Waals surface area (Å²) in [7, 11) is 3.27. The minimum absolute atomic E-state index is 0.232. The molecule has 1 saturated heterocycles. The summed E-state index contributed by atoms with van der Waals surface area (Å²) in [5, 5.41) is 3.50. The number of likely N-dealkylation sites (tertiary alicyclic amines) is 1. The van der Waals surface area contributed by atoms with Crippen molar-refractivity contribution in [3.8, 4) is 11.5 Å². The van der Waals surface area contributed by atoms with Gasteiger partial charge in [-0.25, -0.2) is 4.79 Å². The lowest BCUT2D eigenvalue weighted by atomic mass is 10.0. The summed E-state index contributed by atoms with van der Waals surface area (Å²) in [6.45, 7) is 7.03.